The largest absolute Gasteiger partial charge is 0.372 e. The van der Waals surface area contributed by atoms with Crippen molar-refractivity contribution in [2.24, 2.45) is 0 Å². The van der Waals surface area contributed by atoms with E-state index < -0.39 is 0 Å². The SMILES string of the molecule is CCC(=O)N(c1ccc(Cl)cc1)[C@H]1C[C@@H](C)N(C(=O)c2ccc(F)cc2)c2ccc(N(CC)CC)cc21. The number of benzene rings is 3. The topological polar surface area (TPSA) is 43.9 Å². The van der Waals surface area contributed by atoms with E-state index >= 15 is 0 Å². The van der Waals surface area contributed by atoms with Gasteiger partial charge >= 0.3 is 0 Å². The first-order chi connectivity index (χ1) is 17.8. The van der Waals surface area contributed by atoms with Gasteiger partial charge in [0, 0.05) is 58.8 Å². The van der Waals surface area contributed by atoms with Gasteiger partial charge in [-0.3, -0.25) is 9.59 Å². The van der Waals surface area contributed by atoms with Crippen LogP contribution in [0.1, 0.15) is 62.5 Å². The van der Waals surface area contributed by atoms with Crippen LogP contribution in [0.2, 0.25) is 5.02 Å². The smallest absolute Gasteiger partial charge is 0.258 e. The molecule has 0 spiro atoms. The van der Waals surface area contributed by atoms with E-state index in [1.165, 1.54) is 24.3 Å². The number of rotatable bonds is 7. The minimum atomic E-state index is -0.385. The van der Waals surface area contributed by atoms with E-state index in [0.717, 1.165) is 35.7 Å². The highest BCUT2D eigenvalue weighted by molar-refractivity contribution is 6.30. The summed E-state index contributed by atoms with van der Waals surface area (Å²) < 4.78 is 13.6. The monoisotopic (exact) mass is 521 g/mol. The number of hydrogen-bond donors (Lipinski definition) is 0. The highest BCUT2D eigenvalue weighted by Gasteiger charge is 2.39. The first kappa shape index (κ1) is 26.7. The van der Waals surface area contributed by atoms with Gasteiger partial charge in [-0.15, -0.1) is 0 Å². The van der Waals surface area contributed by atoms with Crippen LogP contribution in [0.3, 0.4) is 0 Å². The summed E-state index contributed by atoms with van der Waals surface area (Å²) in [6.45, 7) is 9.73. The minimum Gasteiger partial charge on any atom is -0.372 e. The lowest BCUT2D eigenvalue weighted by Crippen LogP contribution is -2.48. The summed E-state index contributed by atoms with van der Waals surface area (Å²) in [7, 11) is 0. The molecular formula is C30H33ClFN3O2. The zero-order chi connectivity index (χ0) is 26.7. The van der Waals surface area contributed by atoms with Crippen LogP contribution in [0.15, 0.2) is 66.7 Å². The number of fused-ring (bicyclic) bond motifs is 1. The normalized spacial score (nSPS) is 16.8. The molecule has 0 saturated carbocycles. The molecular weight excluding hydrogens is 489 g/mol. The van der Waals surface area contributed by atoms with Gasteiger partial charge in [-0.05, 0) is 93.9 Å². The molecule has 0 unspecified atom stereocenters. The number of carbonyl (C=O) groups is 2. The maximum Gasteiger partial charge on any atom is 0.258 e. The van der Waals surface area contributed by atoms with Gasteiger partial charge in [0.15, 0.2) is 0 Å². The Hall–Kier alpha value is -3.38. The molecule has 194 valence electrons. The van der Waals surface area contributed by atoms with Gasteiger partial charge < -0.3 is 14.7 Å². The van der Waals surface area contributed by atoms with Crippen molar-refractivity contribution >= 4 is 40.5 Å². The molecule has 4 rings (SSSR count). The number of amides is 2. The van der Waals surface area contributed by atoms with E-state index in [1.54, 1.807) is 17.0 Å². The Bertz CT molecular complexity index is 1260. The number of halogens is 2. The molecule has 1 heterocycles. The third-order valence-corrected chi connectivity index (χ3v) is 7.31. The molecule has 37 heavy (non-hydrogen) atoms. The van der Waals surface area contributed by atoms with Crippen LogP contribution in [-0.4, -0.2) is 30.9 Å². The summed E-state index contributed by atoms with van der Waals surface area (Å²) in [5.41, 5.74) is 3.90. The van der Waals surface area contributed by atoms with Crippen molar-refractivity contribution in [1.29, 1.82) is 0 Å². The quantitative estimate of drug-likeness (QED) is 0.329. The first-order valence-electron chi connectivity index (χ1n) is 12.8. The molecule has 0 N–H and O–H groups in total. The van der Waals surface area contributed by atoms with Gasteiger partial charge in [0.1, 0.15) is 5.82 Å². The summed E-state index contributed by atoms with van der Waals surface area (Å²) in [6, 6.07) is 18.6. The molecule has 1 aliphatic rings. The van der Waals surface area contributed by atoms with Gasteiger partial charge in [-0.2, -0.15) is 0 Å². The van der Waals surface area contributed by atoms with Gasteiger partial charge in [0.05, 0.1) is 6.04 Å². The molecule has 2 amide bonds. The van der Waals surface area contributed by atoms with Crippen molar-refractivity contribution in [3.63, 3.8) is 0 Å². The first-order valence-corrected chi connectivity index (χ1v) is 13.2. The Morgan fingerprint density at radius 1 is 0.946 bits per heavy atom. The Labute approximate surface area is 223 Å². The number of carbonyl (C=O) groups excluding carboxylic acids is 2. The predicted molar refractivity (Wildman–Crippen MR) is 149 cm³/mol. The molecule has 2 atom stereocenters. The second kappa shape index (κ2) is 11.3. The third-order valence-electron chi connectivity index (χ3n) is 7.06. The zero-order valence-electron chi connectivity index (χ0n) is 21.7. The van der Waals surface area contributed by atoms with Crippen LogP contribution in [-0.2, 0) is 4.79 Å². The number of hydrogen-bond acceptors (Lipinski definition) is 3. The van der Waals surface area contributed by atoms with Gasteiger partial charge in [-0.25, -0.2) is 4.39 Å². The fourth-order valence-electron chi connectivity index (χ4n) is 5.16. The molecule has 0 aliphatic carbocycles. The second-order valence-electron chi connectivity index (χ2n) is 9.29. The van der Waals surface area contributed by atoms with E-state index in [0.29, 0.717) is 23.4 Å². The van der Waals surface area contributed by atoms with Crippen LogP contribution < -0.4 is 14.7 Å². The van der Waals surface area contributed by atoms with Crippen LogP contribution in [0.4, 0.5) is 21.5 Å². The standard InChI is InChI=1S/C30H33ClFN3O2/c1-5-29(36)35(24-14-10-22(31)11-15-24)28-18-20(4)34(30(37)21-8-12-23(32)13-9-21)27-17-16-25(19-26(27)28)33(6-2)7-3/h8-17,19-20,28H,5-7,18H2,1-4H3/t20-,28+/m1/s1. The van der Waals surface area contributed by atoms with E-state index in [9.17, 15) is 14.0 Å². The molecule has 3 aromatic rings. The zero-order valence-corrected chi connectivity index (χ0v) is 22.5. The Balaban J connectivity index is 1.87. The molecule has 0 fully saturated rings. The molecule has 5 nitrogen and oxygen atoms in total. The molecule has 0 saturated heterocycles. The van der Waals surface area contributed by atoms with E-state index in [4.69, 9.17) is 11.6 Å². The van der Waals surface area contributed by atoms with E-state index in [1.807, 2.05) is 43.0 Å². The van der Waals surface area contributed by atoms with Crippen molar-refractivity contribution in [3.8, 4) is 0 Å². The molecule has 0 radical (unpaired) electrons. The highest BCUT2D eigenvalue weighted by Crippen LogP contribution is 2.44. The van der Waals surface area contributed by atoms with Gasteiger partial charge in [0.2, 0.25) is 5.91 Å². The molecule has 7 heteroatoms. The molecule has 3 aromatic carbocycles. The predicted octanol–water partition coefficient (Wildman–Crippen LogP) is 7.25. The molecule has 0 bridgehead atoms. The second-order valence-corrected chi connectivity index (χ2v) is 9.73. The minimum absolute atomic E-state index is 0.00275. The lowest BCUT2D eigenvalue weighted by Gasteiger charge is -2.44. The highest BCUT2D eigenvalue weighted by atomic mass is 35.5. The third kappa shape index (κ3) is 5.35. The van der Waals surface area contributed by atoms with Crippen molar-refractivity contribution in [2.75, 3.05) is 27.8 Å². The summed E-state index contributed by atoms with van der Waals surface area (Å²) in [5.74, 6) is -0.580. The summed E-state index contributed by atoms with van der Waals surface area (Å²) in [6.07, 6.45) is 0.896. The average Bonchev–Trinajstić information content (AvgIpc) is 2.90. The van der Waals surface area contributed by atoms with Crippen molar-refractivity contribution in [1.82, 2.24) is 0 Å². The number of anilines is 3. The van der Waals surface area contributed by atoms with E-state index in [2.05, 4.69) is 24.8 Å². The van der Waals surface area contributed by atoms with Crippen molar-refractivity contribution in [3.05, 3.63) is 88.7 Å². The summed E-state index contributed by atoms with van der Waals surface area (Å²) in [4.78, 5) is 32.9. The van der Waals surface area contributed by atoms with E-state index in [-0.39, 0.29) is 29.7 Å². The Kier molecular flexibility index (Phi) is 8.18. The molecule has 1 aliphatic heterocycles. The lowest BCUT2D eigenvalue weighted by atomic mass is 9.88. The van der Waals surface area contributed by atoms with Crippen LogP contribution >= 0.6 is 11.6 Å². The number of nitrogens with zero attached hydrogens (tertiary/aromatic N) is 3. The lowest BCUT2D eigenvalue weighted by molar-refractivity contribution is -0.118. The van der Waals surface area contributed by atoms with Crippen LogP contribution in [0.25, 0.3) is 0 Å². The van der Waals surface area contributed by atoms with Crippen LogP contribution in [0.5, 0.6) is 0 Å². The Morgan fingerprint density at radius 3 is 2.16 bits per heavy atom. The maximum atomic E-state index is 13.7. The fraction of sp³-hybridized carbons (Fsp3) is 0.333. The Morgan fingerprint density at radius 2 is 1.57 bits per heavy atom. The summed E-state index contributed by atoms with van der Waals surface area (Å²) in [5, 5.41) is 0.602. The molecule has 0 aromatic heterocycles. The summed E-state index contributed by atoms with van der Waals surface area (Å²) >= 11 is 6.15. The fourth-order valence-corrected chi connectivity index (χ4v) is 5.29. The van der Waals surface area contributed by atoms with Crippen molar-refractivity contribution in [2.45, 2.75) is 52.6 Å². The maximum absolute atomic E-state index is 13.7. The van der Waals surface area contributed by atoms with Crippen molar-refractivity contribution < 1.29 is 14.0 Å². The average molecular weight is 522 g/mol. The van der Waals surface area contributed by atoms with Crippen LogP contribution in [0, 0.1) is 5.82 Å². The van der Waals surface area contributed by atoms with Gasteiger partial charge in [0.25, 0.3) is 5.91 Å². The van der Waals surface area contributed by atoms with Gasteiger partial charge in [-0.1, -0.05) is 18.5 Å².